The second-order valence-electron chi connectivity index (χ2n) is 2.49. The average Bonchev–Trinajstić information content (AvgIpc) is 2.32. The van der Waals surface area contributed by atoms with Gasteiger partial charge in [0.05, 0.1) is 5.69 Å². The first kappa shape index (κ1) is 10.4. The van der Waals surface area contributed by atoms with Crippen LogP contribution in [-0.2, 0) is 5.75 Å². The number of rotatable bonds is 4. The lowest BCUT2D eigenvalue weighted by Gasteiger charge is -1.92. The van der Waals surface area contributed by atoms with E-state index in [0.717, 1.165) is 17.4 Å². The molecule has 1 rings (SSSR count). The number of hydrogen-bond donors (Lipinski definition) is 0. The van der Waals surface area contributed by atoms with Gasteiger partial charge in [-0.2, -0.15) is 11.8 Å². The Morgan fingerprint density at radius 1 is 1.50 bits per heavy atom. The minimum Gasteiger partial charge on any atom is -0.245 e. The molecule has 0 amide bonds. The van der Waals surface area contributed by atoms with Gasteiger partial charge in [0.15, 0.2) is 0 Å². The van der Waals surface area contributed by atoms with E-state index in [1.54, 1.807) is 11.3 Å². The van der Waals surface area contributed by atoms with Gasteiger partial charge in [0.25, 0.3) is 0 Å². The van der Waals surface area contributed by atoms with Crippen molar-refractivity contribution in [3.8, 4) is 0 Å². The van der Waals surface area contributed by atoms with Crippen LogP contribution in [0.3, 0.4) is 0 Å². The third-order valence-electron chi connectivity index (χ3n) is 1.52. The minimum atomic E-state index is 0.730. The van der Waals surface area contributed by atoms with Crippen molar-refractivity contribution < 1.29 is 0 Å². The lowest BCUT2D eigenvalue weighted by molar-refractivity contribution is 1.16. The van der Waals surface area contributed by atoms with E-state index in [-0.39, 0.29) is 0 Å². The quantitative estimate of drug-likeness (QED) is 0.572. The summed E-state index contributed by atoms with van der Waals surface area (Å²) in [6.45, 7) is 4.17. The molecular weight excluding hydrogens is 210 g/mol. The van der Waals surface area contributed by atoms with Gasteiger partial charge in [-0.15, -0.1) is 22.9 Å². The summed E-state index contributed by atoms with van der Waals surface area (Å²) in [7, 11) is 0. The Balaban J connectivity index is 2.42. The van der Waals surface area contributed by atoms with Crippen molar-refractivity contribution in [1.29, 1.82) is 0 Å². The van der Waals surface area contributed by atoms with Crippen LogP contribution in [0.4, 0.5) is 0 Å². The van der Waals surface area contributed by atoms with Crippen molar-refractivity contribution in [1.82, 2.24) is 4.98 Å². The van der Waals surface area contributed by atoms with E-state index in [4.69, 9.17) is 11.6 Å². The second kappa shape index (κ2) is 5.10. The monoisotopic (exact) mass is 221 g/mol. The summed E-state index contributed by atoms with van der Waals surface area (Å²) >= 11 is 9.20. The summed E-state index contributed by atoms with van der Waals surface area (Å²) in [6, 6.07) is 0. The third-order valence-corrected chi connectivity index (χ3v) is 4.16. The fourth-order valence-electron chi connectivity index (χ4n) is 0.815. The minimum absolute atomic E-state index is 0.730. The Morgan fingerprint density at radius 3 is 2.75 bits per heavy atom. The van der Waals surface area contributed by atoms with E-state index < -0.39 is 0 Å². The van der Waals surface area contributed by atoms with Crippen molar-refractivity contribution >= 4 is 34.7 Å². The molecular formula is C8H12ClNS2. The van der Waals surface area contributed by atoms with Crippen LogP contribution in [0.15, 0.2) is 0 Å². The van der Waals surface area contributed by atoms with Crippen molar-refractivity contribution in [2.75, 3.05) is 11.6 Å². The number of aromatic nitrogens is 1. The molecule has 0 saturated heterocycles. The SMILES string of the molecule is Cc1nc(CSCCCl)sc1C. The van der Waals surface area contributed by atoms with Gasteiger partial charge in [-0.25, -0.2) is 4.98 Å². The largest absolute Gasteiger partial charge is 0.245 e. The molecule has 0 aromatic carbocycles. The van der Waals surface area contributed by atoms with Gasteiger partial charge < -0.3 is 0 Å². The zero-order chi connectivity index (χ0) is 8.97. The normalized spacial score (nSPS) is 10.6. The summed E-state index contributed by atoms with van der Waals surface area (Å²) in [4.78, 5) is 5.77. The molecule has 0 aliphatic rings. The second-order valence-corrected chi connectivity index (χ2v) is 5.26. The van der Waals surface area contributed by atoms with E-state index in [1.165, 1.54) is 15.6 Å². The molecule has 4 heteroatoms. The summed E-state index contributed by atoms with van der Waals surface area (Å²) in [5.41, 5.74) is 1.17. The van der Waals surface area contributed by atoms with Gasteiger partial charge in [0.2, 0.25) is 0 Å². The lowest BCUT2D eigenvalue weighted by Crippen LogP contribution is -1.83. The molecule has 1 aromatic rings. The Labute approximate surface area is 86.5 Å². The van der Waals surface area contributed by atoms with Gasteiger partial charge in [0.1, 0.15) is 5.01 Å². The number of halogens is 1. The van der Waals surface area contributed by atoms with Crippen LogP contribution in [0.2, 0.25) is 0 Å². The van der Waals surface area contributed by atoms with Gasteiger partial charge >= 0.3 is 0 Å². The molecule has 0 atom stereocenters. The zero-order valence-corrected chi connectivity index (χ0v) is 9.65. The molecule has 0 unspecified atom stereocenters. The predicted octanol–water partition coefficient (Wildman–Crippen LogP) is 3.23. The lowest BCUT2D eigenvalue weighted by atomic mass is 10.4. The van der Waals surface area contributed by atoms with E-state index in [9.17, 15) is 0 Å². The van der Waals surface area contributed by atoms with Crippen LogP contribution in [0.25, 0.3) is 0 Å². The Morgan fingerprint density at radius 2 is 2.25 bits per heavy atom. The van der Waals surface area contributed by atoms with Crippen LogP contribution in [0.5, 0.6) is 0 Å². The molecule has 0 fully saturated rings. The van der Waals surface area contributed by atoms with Gasteiger partial charge in [-0.3, -0.25) is 0 Å². The molecule has 0 N–H and O–H groups in total. The maximum absolute atomic E-state index is 5.57. The molecule has 68 valence electrons. The van der Waals surface area contributed by atoms with E-state index in [2.05, 4.69) is 18.8 Å². The first-order valence-corrected chi connectivity index (χ1v) is 6.31. The molecule has 1 nitrogen and oxygen atoms in total. The highest BCUT2D eigenvalue weighted by atomic mass is 35.5. The van der Waals surface area contributed by atoms with Crippen molar-refractivity contribution in [3.63, 3.8) is 0 Å². The Kier molecular flexibility index (Phi) is 4.40. The van der Waals surface area contributed by atoms with Crippen LogP contribution in [0, 0.1) is 13.8 Å². The Bertz CT molecular complexity index is 228. The molecule has 0 radical (unpaired) electrons. The standard InChI is InChI=1S/C8H12ClNS2/c1-6-7(2)12-8(10-6)5-11-4-3-9/h3-5H2,1-2H3. The molecule has 12 heavy (non-hydrogen) atoms. The number of nitrogens with zero attached hydrogens (tertiary/aromatic N) is 1. The molecule has 0 spiro atoms. The summed E-state index contributed by atoms with van der Waals surface area (Å²) < 4.78 is 0. The average molecular weight is 222 g/mol. The van der Waals surface area contributed by atoms with Crippen molar-refractivity contribution in [2.45, 2.75) is 19.6 Å². The van der Waals surface area contributed by atoms with Crippen molar-refractivity contribution in [3.05, 3.63) is 15.6 Å². The van der Waals surface area contributed by atoms with Crippen LogP contribution < -0.4 is 0 Å². The van der Waals surface area contributed by atoms with Crippen molar-refractivity contribution in [2.24, 2.45) is 0 Å². The highest BCUT2D eigenvalue weighted by Gasteiger charge is 2.02. The molecule has 1 aromatic heterocycles. The number of aryl methyl sites for hydroxylation is 2. The van der Waals surface area contributed by atoms with Gasteiger partial charge in [-0.1, -0.05) is 0 Å². The number of alkyl halides is 1. The number of thioether (sulfide) groups is 1. The van der Waals surface area contributed by atoms with Crippen LogP contribution in [0.1, 0.15) is 15.6 Å². The highest BCUT2D eigenvalue weighted by Crippen LogP contribution is 2.20. The van der Waals surface area contributed by atoms with Gasteiger partial charge in [0, 0.05) is 22.3 Å². The van der Waals surface area contributed by atoms with Crippen LogP contribution >= 0.6 is 34.7 Å². The van der Waals surface area contributed by atoms with E-state index in [0.29, 0.717) is 0 Å². The Hall–Kier alpha value is 0.270. The first-order chi connectivity index (χ1) is 5.74. The van der Waals surface area contributed by atoms with Crippen LogP contribution in [-0.4, -0.2) is 16.6 Å². The topological polar surface area (TPSA) is 12.9 Å². The summed E-state index contributed by atoms with van der Waals surface area (Å²) in [6.07, 6.45) is 0. The fourth-order valence-corrected chi connectivity index (χ4v) is 2.85. The molecule has 1 heterocycles. The zero-order valence-electron chi connectivity index (χ0n) is 7.26. The number of thiazole rings is 1. The number of hydrogen-bond acceptors (Lipinski definition) is 3. The smallest absolute Gasteiger partial charge is 0.103 e. The first-order valence-electron chi connectivity index (χ1n) is 3.80. The fraction of sp³-hybridized carbons (Fsp3) is 0.625. The third kappa shape index (κ3) is 2.96. The maximum atomic E-state index is 5.57. The maximum Gasteiger partial charge on any atom is 0.103 e. The van der Waals surface area contributed by atoms with E-state index >= 15 is 0 Å². The summed E-state index contributed by atoms with van der Waals surface area (Å²) in [5.74, 6) is 2.75. The summed E-state index contributed by atoms with van der Waals surface area (Å²) in [5, 5.41) is 1.22. The molecule has 0 saturated carbocycles. The van der Waals surface area contributed by atoms with E-state index in [1.807, 2.05) is 11.8 Å². The molecule has 0 aliphatic heterocycles. The highest BCUT2D eigenvalue weighted by molar-refractivity contribution is 7.98. The van der Waals surface area contributed by atoms with Gasteiger partial charge in [-0.05, 0) is 13.8 Å². The molecule has 0 aliphatic carbocycles. The predicted molar refractivity (Wildman–Crippen MR) is 58.5 cm³/mol. The molecule has 0 bridgehead atoms.